The quantitative estimate of drug-likeness (QED) is 0.464. The van der Waals surface area contributed by atoms with Crippen molar-refractivity contribution in [2.24, 2.45) is 17.6 Å². The van der Waals surface area contributed by atoms with Crippen molar-refractivity contribution in [3.05, 3.63) is 0 Å². The Morgan fingerprint density at radius 3 is 2.27 bits per heavy atom. The molecule has 0 spiro atoms. The molecule has 0 aliphatic heterocycles. The topological polar surface area (TPSA) is 49.9 Å². The average Bonchev–Trinajstić information content (AvgIpc) is 2.05. The minimum absolute atomic E-state index is 0.401. The lowest BCUT2D eigenvalue weighted by atomic mass is 9.80. The number of nitrogens with one attached hydrogen (secondary N) is 1. The summed E-state index contributed by atoms with van der Waals surface area (Å²) in [7, 11) is 0. The molecule has 0 aromatic carbocycles. The van der Waals surface area contributed by atoms with E-state index in [1.54, 1.807) is 0 Å². The summed E-state index contributed by atoms with van der Waals surface area (Å²) >= 11 is 0. The highest BCUT2D eigenvalue weighted by atomic mass is 14.7. The molecule has 1 rings (SSSR count). The van der Waals surface area contributed by atoms with Gasteiger partial charge in [-0.05, 0) is 31.6 Å². The summed E-state index contributed by atoms with van der Waals surface area (Å²) < 4.78 is 0. The van der Waals surface area contributed by atoms with Gasteiger partial charge >= 0.3 is 0 Å². The molecule has 1 aliphatic carbocycles. The second-order valence-corrected chi connectivity index (χ2v) is 3.58. The second-order valence-electron chi connectivity index (χ2n) is 3.58. The van der Waals surface area contributed by atoms with Gasteiger partial charge in [-0.2, -0.15) is 0 Å². The Kier molecular flexibility index (Phi) is 2.92. The zero-order chi connectivity index (χ0) is 8.27. The first kappa shape index (κ1) is 8.57. The van der Waals surface area contributed by atoms with Gasteiger partial charge in [-0.3, -0.25) is 5.41 Å². The van der Waals surface area contributed by atoms with Gasteiger partial charge in [0.2, 0.25) is 0 Å². The van der Waals surface area contributed by atoms with E-state index in [-0.39, 0.29) is 0 Å². The van der Waals surface area contributed by atoms with Crippen LogP contribution in [0.4, 0.5) is 0 Å². The third-order valence-corrected chi connectivity index (χ3v) is 2.86. The van der Waals surface area contributed by atoms with Crippen LogP contribution < -0.4 is 5.73 Å². The van der Waals surface area contributed by atoms with Crippen molar-refractivity contribution in [3.8, 4) is 0 Å². The minimum atomic E-state index is 0.401. The molecule has 1 saturated carbocycles. The molecule has 0 saturated heterocycles. The molecule has 0 bridgehead atoms. The van der Waals surface area contributed by atoms with Gasteiger partial charge in [0.15, 0.2) is 0 Å². The fourth-order valence-electron chi connectivity index (χ4n) is 1.88. The summed E-state index contributed by atoms with van der Waals surface area (Å²) in [4.78, 5) is 0. The van der Waals surface area contributed by atoms with E-state index in [2.05, 4.69) is 6.92 Å². The molecular formula is C9H18N2. The number of hydrogen-bond acceptors (Lipinski definition) is 1. The Labute approximate surface area is 68.7 Å². The lowest BCUT2D eigenvalue weighted by molar-refractivity contribution is 0.313. The van der Waals surface area contributed by atoms with Gasteiger partial charge in [0, 0.05) is 5.92 Å². The largest absolute Gasteiger partial charge is 0.387 e. The van der Waals surface area contributed by atoms with Crippen LogP contribution in [0, 0.1) is 17.2 Å². The van der Waals surface area contributed by atoms with Gasteiger partial charge in [-0.1, -0.05) is 13.3 Å². The first-order valence-corrected chi connectivity index (χ1v) is 4.58. The first-order valence-electron chi connectivity index (χ1n) is 4.58. The van der Waals surface area contributed by atoms with Gasteiger partial charge in [-0.15, -0.1) is 0 Å². The highest BCUT2D eigenvalue weighted by molar-refractivity contribution is 5.79. The molecule has 11 heavy (non-hydrogen) atoms. The van der Waals surface area contributed by atoms with Gasteiger partial charge in [0.1, 0.15) is 0 Å². The third kappa shape index (κ3) is 2.21. The molecule has 64 valence electrons. The lowest BCUT2D eigenvalue weighted by Crippen LogP contribution is -2.26. The lowest BCUT2D eigenvalue weighted by Gasteiger charge is -2.26. The van der Waals surface area contributed by atoms with Crippen LogP contribution in [0.25, 0.3) is 0 Å². The summed E-state index contributed by atoms with van der Waals surface area (Å²) in [5.41, 5.74) is 5.44. The predicted molar refractivity (Wildman–Crippen MR) is 47.7 cm³/mol. The van der Waals surface area contributed by atoms with Gasteiger partial charge in [-0.25, -0.2) is 0 Å². The van der Waals surface area contributed by atoms with Crippen LogP contribution in [0.3, 0.4) is 0 Å². The molecule has 0 unspecified atom stereocenters. The van der Waals surface area contributed by atoms with Crippen LogP contribution in [0.15, 0.2) is 0 Å². The minimum Gasteiger partial charge on any atom is -0.387 e. The van der Waals surface area contributed by atoms with Crippen molar-refractivity contribution in [1.29, 1.82) is 5.41 Å². The molecule has 0 radical (unpaired) electrons. The molecule has 0 amide bonds. The van der Waals surface area contributed by atoms with Gasteiger partial charge < -0.3 is 5.73 Å². The van der Waals surface area contributed by atoms with Crippen LogP contribution in [-0.2, 0) is 0 Å². The number of nitrogens with two attached hydrogens (primary N) is 1. The van der Waals surface area contributed by atoms with E-state index in [1.807, 2.05) is 0 Å². The van der Waals surface area contributed by atoms with Crippen molar-refractivity contribution in [2.45, 2.75) is 39.0 Å². The van der Waals surface area contributed by atoms with E-state index in [4.69, 9.17) is 11.1 Å². The molecule has 2 nitrogen and oxygen atoms in total. The van der Waals surface area contributed by atoms with E-state index >= 15 is 0 Å². The second kappa shape index (κ2) is 3.74. The van der Waals surface area contributed by atoms with E-state index in [0.29, 0.717) is 11.8 Å². The fraction of sp³-hybridized carbons (Fsp3) is 0.889. The van der Waals surface area contributed by atoms with Crippen molar-refractivity contribution >= 4 is 5.84 Å². The number of hydrogen-bond donors (Lipinski definition) is 2. The zero-order valence-corrected chi connectivity index (χ0v) is 7.27. The zero-order valence-electron chi connectivity index (χ0n) is 7.27. The van der Waals surface area contributed by atoms with Crippen molar-refractivity contribution in [1.82, 2.24) is 0 Å². The van der Waals surface area contributed by atoms with Crippen molar-refractivity contribution in [3.63, 3.8) is 0 Å². The Hall–Kier alpha value is -0.530. The van der Waals surface area contributed by atoms with E-state index in [9.17, 15) is 0 Å². The van der Waals surface area contributed by atoms with Gasteiger partial charge in [0.25, 0.3) is 0 Å². The predicted octanol–water partition coefficient (Wildman–Crippen LogP) is 2.14. The molecule has 2 heteroatoms. The Balaban J connectivity index is 2.30. The molecule has 0 aromatic heterocycles. The molecule has 0 atom stereocenters. The molecule has 1 aliphatic rings. The summed E-state index contributed by atoms with van der Waals surface area (Å²) in [6.45, 7) is 2.25. The van der Waals surface area contributed by atoms with E-state index < -0.39 is 0 Å². The molecule has 1 fully saturated rings. The molecule has 0 heterocycles. The molecule has 3 N–H and O–H groups in total. The SMILES string of the molecule is CCC1CCC(C(=N)N)CC1. The van der Waals surface area contributed by atoms with Crippen molar-refractivity contribution < 1.29 is 0 Å². The number of amidine groups is 1. The molecule has 0 aromatic rings. The van der Waals surface area contributed by atoms with Crippen LogP contribution >= 0.6 is 0 Å². The first-order chi connectivity index (χ1) is 5.24. The highest BCUT2D eigenvalue weighted by Gasteiger charge is 2.21. The van der Waals surface area contributed by atoms with E-state index in [1.165, 1.54) is 19.3 Å². The summed E-state index contributed by atoms with van der Waals surface area (Å²) in [6, 6.07) is 0. The van der Waals surface area contributed by atoms with Gasteiger partial charge in [0.05, 0.1) is 5.84 Å². The monoisotopic (exact) mass is 154 g/mol. The van der Waals surface area contributed by atoms with Crippen LogP contribution in [0.5, 0.6) is 0 Å². The number of rotatable bonds is 2. The van der Waals surface area contributed by atoms with Crippen LogP contribution in [0.2, 0.25) is 0 Å². The summed E-state index contributed by atoms with van der Waals surface area (Å²) in [6.07, 6.45) is 6.15. The summed E-state index contributed by atoms with van der Waals surface area (Å²) in [5, 5.41) is 7.29. The Morgan fingerprint density at radius 2 is 1.91 bits per heavy atom. The third-order valence-electron chi connectivity index (χ3n) is 2.86. The maximum Gasteiger partial charge on any atom is 0.0936 e. The van der Waals surface area contributed by atoms with Crippen LogP contribution in [0.1, 0.15) is 39.0 Å². The maximum absolute atomic E-state index is 7.29. The fourth-order valence-corrected chi connectivity index (χ4v) is 1.88. The Morgan fingerprint density at radius 1 is 1.36 bits per heavy atom. The normalized spacial score (nSPS) is 31.7. The smallest absolute Gasteiger partial charge is 0.0936 e. The standard InChI is InChI=1S/C9H18N2/c1-2-7-3-5-8(6-4-7)9(10)11/h7-8H,2-6H2,1H3,(H3,10,11). The average molecular weight is 154 g/mol. The summed E-state index contributed by atoms with van der Waals surface area (Å²) in [5.74, 6) is 1.71. The van der Waals surface area contributed by atoms with Crippen LogP contribution in [-0.4, -0.2) is 5.84 Å². The maximum atomic E-state index is 7.29. The van der Waals surface area contributed by atoms with Crippen molar-refractivity contribution in [2.75, 3.05) is 0 Å². The Bertz CT molecular complexity index is 134. The van der Waals surface area contributed by atoms with E-state index in [0.717, 1.165) is 18.8 Å². The molecular weight excluding hydrogens is 136 g/mol. The highest BCUT2D eigenvalue weighted by Crippen LogP contribution is 2.30.